The molecule has 0 radical (unpaired) electrons. The van der Waals surface area contributed by atoms with E-state index in [0.717, 1.165) is 21.5 Å². The van der Waals surface area contributed by atoms with Gasteiger partial charge in [-0.3, -0.25) is 4.79 Å². The number of carbonyl (C=O) groups is 1. The molecule has 4 heteroatoms. The van der Waals surface area contributed by atoms with Crippen LogP contribution in [-0.2, 0) is 11.2 Å². The van der Waals surface area contributed by atoms with Gasteiger partial charge in [0.2, 0.25) is 5.91 Å². The molecule has 2 aromatic rings. The van der Waals surface area contributed by atoms with Gasteiger partial charge in [-0.05, 0) is 49.2 Å². The molecule has 1 amide bonds. The number of anilines is 1. The lowest BCUT2D eigenvalue weighted by atomic mass is 10.1. The standard InChI is InChI=1S/C17H16BrNOS/c1-12-10-13-4-2-3-5-16(13)19(12)17(20)11-21-15-8-6-14(18)7-9-15/h2-9,12H,10-11H2,1H3/t12-/m0/s1. The number of nitrogens with zero attached hydrogens (tertiary/aromatic N) is 1. The first-order valence-corrected chi connectivity index (χ1v) is 8.71. The van der Waals surface area contributed by atoms with E-state index in [4.69, 9.17) is 0 Å². The summed E-state index contributed by atoms with van der Waals surface area (Å²) in [4.78, 5) is 15.6. The molecule has 0 N–H and O–H groups in total. The van der Waals surface area contributed by atoms with Crippen LogP contribution in [0.3, 0.4) is 0 Å². The van der Waals surface area contributed by atoms with Crippen molar-refractivity contribution in [3.05, 3.63) is 58.6 Å². The maximum Gasteiger partial charge on any atom is 0.237 e. The summed E-state index contributed by atoms with van der Waals surface area (Å²) in [7, 11) is 0. The number of para-hydroxylation sites is 1. The lowest BCUT2D eigenvalue weighted by molar-refractivity contribution is -0.116. The van der Waals surface area contributed by atoms with Gasteiger partial charge in [-0.15, -0.1) is 11.8 Å². The third-order valence-corrected chi connectivity index (χ3v) is 5.18. The molecule has 0 saturated heterocycles. The third kappa shape index (κ3) is 3.16. The lowest BCUT2D eigenvalue weighted by Crippen LogP contribution is -2.36. The number of benzene rings is 2. The van der Waals surface area contributed by atoms with Crippen LogP contribution >= 0.6 is 27.7 Å². The van der Waals surface area contributed by atoms with Gasteiger partial charge < -0.3 is 4.90 Å². The maximum absolute atomic E-state index is 12.6. The van der Waals surface area contributed by atoms with Crippen molar-refractivity contribution in [1.82, 2.24) is 0 Å². The zero-order valence-electron chi connectivity index (χ0n) is 11.8. The number of hydrogen-bond donors (Lipinski definition) is 0. The minimum Gasteiger partial charge on any atom is -0.308 e. The topological polar surface area (TPSA) is 20.3 Å². The monoisotopic (exact) mass is 361 g/mol. The predicted molar refractivity (Wildman–Crippen MR) is 92.0 cm³/mol. The number of rotatable bonds is 3. The highest BCUT2D eigenvalue weighted by Gasteiger charge is 2.30. The molecule has 0 unspecified atom stereocenters. The second-order valence-electron chi connectivity index (χ2n) is 5.19. The van der Waals surface area contributed by atoms with Crippen molar-refractivity contribution in [3.63, 3.8) is 0 Å². The minimum atomic E-state index is 0.181. The Balaban J connectivity index is 1.70. The summed E-state index contributed by atoms with van der Waals surface area (Å²) in [5.41, 5.74) is 2.35. The van der Waals surface area contributed by atoms with Gasteiger partial charge in [0.1, 0.15) is 0 Å². The van der Waals surface area contributed by atoms with Crippen molar-refractivity contribution in [2.24, 2.45) is 0 Å². The van der Waals surface area contributed by atoms with E-state index >= 15 is 0 Å². The summed E-state index contributed by atoms with van der Waals surface area (Å²) < 4.78 is 1.06. The van der Waals surface area contributed by atoms with E-state index in [2.05, 4.69) is 28.9 Å². The van der Waals surface area contributed by atoms with Gasteiger partial charge in [0.05, 0.1) is 5.75 Å². The Morgan fingerprint density at radius 3 is 2.71 bits per heavy atom. The largest absolute Gasteiger partial charge is 0.308 e. The first-order valence-electron chi connectivity index (χ1n) is 6.93. The zero-order valence-corrected chi connectivity index (χ0v) is 14.2. The van der Waals surface area contributed by atoms with Crippen LogP contribution in [0.15, 0.2) is 57.9 Å². The van der Waals surface area contributed by atoms with Crippen molar-refractivity contribution >= 4 is 39.3 Å². The molecule has 2 nitrogen and oxygen atoms in total. The molecular formula is C17H16BrNOS. The van der Waals surface area contributed by atoms with Crippen molar-refractivity contribution < 1.29 is 4.79 Å². The van der Waals surface area contributed by atoms with E-state index < -0.39 is 0 Å². The molecule has 1 heterocycles. The summed E-state index contributed by atoms with van der Waals surface area (Å²) in [5.74, 6) is 0.653. The van der Waals surface area contributed by atoms with Gasteiger partial charge in [-0.25, -0.2) is 0 Å². The Bertz CT molecular complexity index is 656. The molecule has 0 saturated carbocycles. The number of carbonyl (C=O) groups excluding carboxylic acids is 1. The lowest BCUT2D eigenvalue weighted by Gasteiger charge is -2.22. The molecule has 21 heavy (non-hydrogen) atoms. The van der Waals surface area contributed by atoms with Gasteiger partial charge in [0, 0.05) is 21.1 Å². The number of thioether (sulfide) groups is 1. The molecule has 0 aromatic heterocycles. The molecule has 0 spiro atoms. The first kappa shape index (κ1) is 14.7. The molecule has 1 aliphatic heterocycles. The second kappa shape index (κ2) is 6.24. The quantitative estimate of drug-likeness (QED) is 0.749. The van der Waals surface area contributed by atoms with Gasteiger partial charge >= 0.3 is 0 Å². The molecule has 2 aromatic carbocycles. The average Bonchev–Trinajstić information content (AvgIpc) is 2.82. The summed E-state index contributed by atoms with van der Waals surface area (Å²) >= 11 is 5.01. The summed E-state index contributed by atoms with van der Waals surface area (Å²) in [6, 6.07) is 16.5. The van der Waals surface area contributed by atoms with Crippen LogP contribution < -0.4 is 4.90 Å². The molecule has 0 aliphatic carbocycles. The molecule has 108 valence electrons. The fraction of sp³-hybridized carbons (Fsp3) is 0.235. The van der Waals surface area contributed by atoms with E-state index in [1.165, 1.54) is 5.56 Å². The van der Waals surface area contributed by atoms with Gasteiger partial charge in [-0.2, -0.15) is 0 Å². The smallest absolute Gasteiger partial charge is 0.237 e. The molecule has 0 bridgehead atoms. The van der Waals surface area contributed by atoms with E-state index in [-0.39, 0.29) is 11.9 Å². The van der Waals surface area contributed by atoms with E-state index in [1.807, 2.05) is 47.4 Å². The average molecular weight is 362 g/mol. The summed E-state index contributed by atoms with van der Waals surface area (Å²) in [6.45, 7) is 2.11. The number of amides is 1. The highest BCUT2D eigenvalue weighted by molar-refractivity contribution is 9.10. The van der Waals surface area contributed by atoms with Crippen LogP contribution in [0, 0.1) is 0 Å². The fourth-order valence-electron chi connectivity index (χ4n) is 2.69. The van der Waals surface area contributed by atoms with E-state index in [9.17, 15) is 4.79 Å². The fourth-order valence-corrected chi connectivity index (χ4v) is 3.71. The first-order chi connectivity index (χ1) is 10.1. The Morgan fingerprint density at radius 2 is 1.95 bits per heavy atom. The van der Waals surface area contributed by atoms with Crippen molar-refractivity contribution in [2.75, 3.05) is 10.7 Å². The molecule has 0 fully saturated rings. The normalized spacial score (nSPS) is 16.9. The van der Waals surface area contributed by atoms with Crippen LogP contribution in [-0.4, -0.2) is 17.7 Å². The van der Waals surface area contributed by atoms with Crippen LogP contribution in [0.1, 0.15) is 12.5 Å². The molecule has 1 aliphatic rings. The molecule has 3 rings (SSSR count). The highest BCUT2D eigenvalue weighted by Crippen LogP contribution is 2.32. The summed E-state index contributed by atoms with van der Waals surface area (Å²) in [5, 5.41) is 0. The Kier molecular flexibility index (Phi) is 4.36. The van der Waals surface area contributed by atoms with E-state index in [0.29, 0.717) is 5.75 Å². The van der Waals surface area contributed by atoms with Crippen LogP contribution in [0.25, 0.3) is 0 Å². The van der Waals surface area contributed by atoms with E-state index in [1.54, 1.807) is 11.8 Å². The van der Waals surface area contributed by atoms with Gasteiger partial charge in [0.25, 0.3) is 0 Å². The number of fused-ring (bicyclic) bond motifs is 1. The highest BCUT2D eigenvalue weighted by atomic mass is 79.9. The van der Waals surface area contributed by atoms with Gasteiger partial charge in [0.15, 0.2) is 0 Å². The Hall–Kier alpha value is -1.26. The predicted octanol–water partition coefficient (Wildman–Crippen LogP) is 4.52. The summed E-state index contributed by atoms with van der Waals surface area (Å²) in [6.07, 6.45) is 0.949. The minimum absolute atomic E-state index is 0.181. The Labute approximate surface area is 137 Å². The zero-order chi connectivity index (χ0) is 14.8. The van der Waals surface area contributed by atoms with Crippen LogP contribution in [0.2, 0.25) is 0 Å². The number of hydrogen-bond acceptors (Lipinski definition) is 2. The van der Waals surface area contributed by atoms with Crippen molar-refractivity contribution in [2.45, 2.75) is 24.3 Å². The molecule has 1 atom stereocenters. The van der Waals surface area contributed by atoms with Crippen LogP contribution in [0.5, 0.6) is 0 Å². The number of halogens is 1. The SMILES string of the molecule is C[C@H]1Cc2ccccc2N1C(=O)CSc1ccc(Br)cc1. The van der Waals surface area contributed by atoms with Crippen molar-refractivity contribution in [3.8, 4) is 0 Å². The molecular weight excluding hydrogens is 346 g/mol. The van der Waals surface area contributed by atoms with Crippen molar-refractivity contribution in [1.29, 1.82) is 0 Å². The third-order valence-electron chi connectivity index (χ3n) is 3.65. The van der Waals surface area contributed by atoms with Gasteiger partial charge in [-0.1, -0.05) is 34.1 Å². The maximum atomic E-state index is 12.6. The van der Waals surface area contributed by atoms with Crippen LogP contribution in [0.4, 0.5) is 5.69 Å². The second-order valence-corrected chi connectivity index (χ2v) is 7.15. The Morgan fingerprint density at radius 1 is 1.24 bits per heavy atom.